The number of rotatable bonds is 25. The first-order valence-electron chi connectivity index (χ1n) is 23.5. The number of nitrogens with zero attached hydrogens (tertiary/aromatic N) is 3. The van der Waals surface area contributed by atoms with Gasteiger partial charge in [-0.1, -0.05) is 73.5 Å². The van der Waals surface area contributed by atoms with E-state index < -0.39 is 31.1 Å². The van der Waals surface area contributed by atoms with Crippen LogP contribution in [0.1, 0.15) is 89.4 Å². The van der Waals surface area contributed by atoms with E-state index in [-0.39, 0.29) is 49.8 Å². The van der Waals surface area contributed by atoms with Crippen LogP contribution in [0.15, 0.2) is 121 Å². The molecular weight excluding hydrogens is 892 g/mol. The number of benzene rings is 4. The minimum Gasteiger partial charge on any atom is -0.404 e. The number of aliphatic hydroxyl groups is 1. The number of ether oxygens (including phenoxy) is 1. The summed E-state index contributed by atoms with van der Waals surface area (Å²) in [4.78, 5) is 49.4. The third kappa shape index (κ3) is 13.7. The Bertz CT molecular complexity index is 2450. The third-order valence-electron chi connectivity index (χ3n) is 13.1. The summed E-state index contributed by atoms with van der Waals surface area (Å²) in [5.74, 6) is -1.08. The molecule has 2 aliphatic heterocycles. The first-order valence-corrected chi connectivity index (χ1v) is 25.1. The monoisotopic (exact) mass is 955 g/mol. The Morgan fingerprint density at radius 1 is 0.897 bits per heavy atom. The lowest BCUT2D eigenvalue weighted by Gasteiger charge is -2.32. The van der Waals surface area contributed by atoms with E-state index in [9.17, 15) is 37.8 Å². The topological polar surface area (TPSA) is 162 Å². The number of aromatic nitrogens is 1. The number of hydrogen-bond acceptors (Lipinski definition) is 7. The summed E-state index contributed by atoms with van der Waals surface area (Å²) >= 11 is 0. The maximum absolute atomic E-state index is 14.3. The van der Waals surface area contributed by atoms with Gasteiger partial charge in [-0.05, 0) is 103 Å². The van der Waals surface area contributed by atoms with E-state index in [4.69, 9.17) is 9.26 Å². The predicted octanol–water partition coefficient (Wildman–Crippen LogP) is 7.37. The molecule has 16 heteroatoms. The fraction of sp³-hybridized carbons (Fsp3) is 0.404. The van der Waals surface area contributed by atoms with Crippen LogP contribution >= 0.6 is 7.82 Å². The molecular formula is C52H64F2N5O8P+2. The number of amides is 2. The molecule has 3 heterocycles. The van der Waals surface area contributed by atoms with Gasteiger partial charge in [-0.25, -0.2) is 18.1 Å². The number of aryl methyl sites for hydroxylation is 1. The Labute approximate surface area is 397 Å². The normalized spacial score (nSPS) is 18.4. The van der Waals surface area contributed by atoms with Crippen LogP contribution in [-0.2, 0) is 27.8 Å². The molecule has 5 aromatic rings. The van der Waals surface area contributed by atoms with Crippen molar-refractivity contribution in [2.45, 2.75) is 75.6 Å². The third-order valence-corrected chi connectivity index (χ3v) is 13.5. The largest absolute Gasteiger partial charge is 0.524 e. The van der Waals surface area contributed by atoms with Gasteiger partial charge in [0.05, 0.1) is 44.4 Å². The van der Waals surface area contributed by atoms with Gasteiger partial charge in [-0.15, -0.1) is 0 Å². The highest BCUT2D eigenvalue weighted by Gasteiger charge is 2.51. The molecule has 4 aromatic carbocycles. The number of carbonyl (C=O) groups is 2. The molecule has 0 radical (unpaired) electrons. The zero-order valence-corrected chi connectivity index (χ0v) is 39.5. The van der Waals surface area contributed by atoms with Crippen molar-refractivity contribution in [1.29, 1.82) is 0 Å². The van der Waals surface area contributed by atoms with Gasteiger partial charge in [0.2, 0.25) is 0 Å². The molecule has 2 fully saturated rings. The number of aliphatic hydroxyl groups excluding tert-OH is 1. The van der Waals surface area contributed by atoms with Gasteiger partial charge in [-0.3, -0.25) is 14.6 Å². The average molecular weight is 956 g/mol. The molecule has 68 heavy (non-hydrogen) atoms. The smallest absolute Gasteiger partial charge is 0.404 e. The van der Waals surface area contributed by atoms with Crippen LogP contribution in [0.25, 0.3) is 0 Å². The molecule has 0 bridgehead atoms. The Morgan fingerprint density at radius 3 is 2.25 bits per heavy atom. The first-order chi connectivity index (χ1) is 32.7. The van der Waals surface area contributed by atoms with E-state index in [0.29, 0.717) is 58.5 Å². The summed E-state index contributed by atoms with van der Waals surface area (Å²) in [6.07, 6.45) is 8.66. The molecule has 3 atom stereocenters. The van der Waals surface area contributed by atoms with E-state index in [1.54, 1.807) is 70.3 Å². The van der Waals surface area contributed by atoms with E-state index in [1.807, 2.05) is 13.1 Å². The number of unbranched alkanes of at least 4 members (excludes halogenated alkanes) is 4. The minimum absolute atomic E-state index is 0.0117. The number of halogens is 2. The second kappa shape index (κ2) is 23.3. The van der Waals surface area contributed by atoms with Crippen LogP contribution in [0.3, 0.4) is 0 Å². The summed E-state index contributed by atoms with van der Waals surface area (Å²) in [5, 5.41) is 17.6. The molecule has 0 aliphatic carbocycles. The molecule has 0 saturated carbocycles. The van der Waals surface area contributed by atoms with Crippen molar-refractivity contribution >= 4 is 19.6 Å². The zero-order valence-electron chi connectivity index (χ0n) is 38.7. The number of phosphoric ester groups is 1. The number of carbonyl (C=O) groups excluding carboxylic acids is 2. The lowest BCUT2D eigenvalue weighted by molar-refractivity contribution is -0.890. The van der Waals surface area contributed by atoms with Gasteiger partial charge in [0.1, 0.15) is 29.5 Å². The first kappa shape index (κ1) is 50.5. The number of urea groups is 1. The molecule has 2 saturated heterocycles. The summed E-state index contributed by atoms with van der Waals surface area (Å²) in [5.41, 5.74) is 2.86. The van der Waals surface area contributed by atoms with Crippen LogP contribution in [0.5, 0.6) is 5.75 Å². The average Bonchev–Trinajstić information content (AvgIpc) is 3.88. The second-order valence-electron chi connectivity index (χ2n) is 18.4. The van der Waals surface area contributed by atoms with E-state index >= 15 is 0 Å². The van der Waals surface area contributed by atoms with Crippen molar-refractivity contribution < 1.29 is 56.1 Å². The predicted molar refractivity (Wildman–Crippen MR) is 254 cm³/mol. The van der Waals surface area contributed by atoms with Gasteiger partial charge < -0.3 is 34.4 Å². The highest BCUT2D eigenvalue weighted by Crippen LogP contribution is 2.40. The quantitative estimate of drug-likeness (QED) is 0.0132. The Balaban J connectivity index is 0.923. The molecule has 13 nitrogen and oxygen atoms in total. The Kier molecular flexibility index (Phi) is 17.3. The number of nitrogens with one attached hydrogen (secondary N) is 2. The van der Waals surface area contributed by atoms with Gasteiger partial charge >= 0.3 is 13.9 Å². The standard InChI is InChI=1S/C52H62F2N5O8P/c1-59(30-27-46(36-59)58-38-52(56-51(58)62,42-18-22-44(53)23-19-42)43-20-24-45(54)25-21-43)37-49(61)47-16-7-10-29-57(47)35-41-33-40(17-26-50(41)67-68(63,64)65)48(60)34-55-28-9-2-3-11-31-66-32-12-8-15-39-13-5-4-6-14-39/h4-7,10,13-14,16-26,29,33,46,48,55,60H,2-3,8-9,11-12,15,27-28,30-32,34-38H2,1H3,(H-2,56,62,63,64,65)/p+2/t46-,48?,59?/m1/s1. The second-order valence-corrected chi connectivity index (χ2v) is 19.5. The summed E-state index contributed by atoms with van der Waals surface area (Å²) < 4.78 is 53.1. The summed E-state index contributed by atoms with van der Waals surface area (Å²) in [6.45, 7) is 3.93. The molecule has 0 spiro atoms. The SMILES string of the molecule is C[N+]1(CC(=O)c2cccc[n+]2Cc2cc(C(O)CNCCCCCCOCCCCc3ccccc3)ccc2OP(=O)(O)O)CC[C@@H](N2CC(c3ccc(F)cc3)(c3ccc(F)cc3)NC2=O)C1. The van der Waals surface area contributed by atoms with Crippen molar-refractivity contribution in [3.8, 4) is 5.75 Å². The van der Waals surface area contributed by atoms with Gasteiger partial charge in [0.25, 0.3) is 11.5 Å². The highest BCUT2D eigenvalue weighted by molar-refractivity contribution is 7.46. The van der Waals surface area contributed by atoms with Crippen LogP contribution in [0.2, 0.25) is 0 Å². The lowest BCUT2D eigenvalue weighted by atomic mass is 9.83. The fourth-order valence-electron chi connectivity index (χ4n) is 9.50. The minimum atomic E-state index is -4.96. The molecule has 362 valence electrons. The van der Waals surface area contributed by atoms with E-state index in [2.05, 4.69) is 34.9 Å². The van der Waals surface area contributed by atoms with Gasteiger partial charge in [0.15, 0.2) is 12.7 Å². The van der Waals surface area contributed by atoms with Crippen LogP contribution in [0, 0.1) is 11.6 Å². The molecule has 7 rings (SSSR count). The van der Waals surface area contributed by atoms with E-state index in [1.165, 1.54) is 35.9 Å². The number of pyridine rings is 1. The lowest BCUT2D eigenvalue weighted by Crippen LogP contribution is -2.51. The molecule has 2 unspecified atom stereocenters. The van der Waals surface area contributed by atoms with Crippen molar-refractivity contribution in [2.24, 2.45) is 0 Å². The number of ketones is 1. The number of likely N-dealkylation sites (N-methyl/N-ethyl adjacent to an activating group) is 1. The van der Waals surface area contributed by atoms with Crippen molar-refractivity contribution in [3.05, 3.63) is 167 Å². The van der Waals surface area contributed by atoms with E-state index in [0.717, 1.165) is 58.2 Å². The van der Waals surface area contributed by atoms with Crippen molar-refractivity contribution in [1.82, 2.24) is 15.5 Å². The molecule has 1 aromatic heterocycles. The zero-order chi connectivity index (χ0) is 48.2. The Hall–Kier alpha value is -5.38. The number of quaternary nitrogens is 1. The van der Waals surface area contributed by atoms with Crippen LogP contribution in [0.4, 0.5) is 13.6 Å². The molecule has 5 N–H and O–H groups in total. The van der Waals surface area contributed by atoms with Crippen LogP contribution in [-0.4, -0.2) is 102 Å². The number of hydrogen-bond donors (Lipinski definition) is 5. The number of likely N-dealkylation sites (tertiary alicyclic amines) is 1. The van der Waals surface area contributed by atoms with Gasteiger partial charge in [-0.2, -0.15) is 4.57 Å². The molecule has 2 aliphatic rings. The maximum Gasteiger partial charge on any atom is 0.524 e. The number of phosphoric acid groups is 1. The van der Waals surface area contributed by atoms with Crippen molar-refractivity contribution in [2.75, 3.05) is 59.5 Å². The maximum atomic E-state index is 14.3. The highest BCUT2D eigenvalue weighted by atomic mass is 31.2. The van der Waals surface area contributed by atoms with Crippen molar-refractivity contribution in [3.63, 3.8) is 0 Å². The van der Waals surface area contributed by atoms with Gasteiger partial charge in [0, 0.05) is 38.3 Å². The van der Waals surface area contributed by atoms with Crippen LogP contribution < -0.4 is 19.7 Å². The number of Topliss-reactive ketones (excluding diaryl/α,β-unsaturated/α-hetero) is 1. The fourth-order valence-corrected chi connectivity index (χ4v) is 9.93. The molecule has 2 amide bonds. The summed E-state index contributed by atoms with van der Waals surface area (Å²) in [7, 11) is -2.99. The Morgan fingerprint density at radius 2 is 1.56 bits per heavy atom. The summed E-state index contributed by atoms with van der Waals surface area (Å²) in [6, 6.07) is 31.6.